The van der Waals surface area contributed by atoms with Gasteiger partial charge in [-0.3, -0.25) is 0 Å². The number of ether oxygens (including phenoxy) is 1. The molecule has 0 radical (unpaired) electrons. The molecule has 0 atom stereocenters. The van der Waals surface area contributed by atoms with Gasteiger partial charge in [0.25, 0.3) is 0 Å². The molecule has 0 aliphatic carbocycles. The minimum Gasteiger partial charge on any atom is -0.492 e. The summed E-state index contributed by atoms with van der Waals surface area (Å²) in [6.07, 6.45) is 1.71. The molecule has 5 heteroatoms. The summed E-state index contributed by atoms with van der Waals surface area (Å²) in [7, 11) is 1.79. The summed E-state index contributed by atoms with van der Waals surface area (Å²) in [6.45, 7) is 3.32. The summed E-state index contributed by atoms with van der Waals surface area (Å²) >= 11 is 0. The number of hydrogen-bond acceptors (Lipinski definition) is 5. The number of rotatable bonds is 6. The van der Waals surface area contributed by atoms with Crippen molar-refractivity contribution in [2.75, 3.05) is 30.8 Å². The first kappa shape index (κ1) is 13.1. The van der Waals surface area contributed by atoms with Gasteiger partial charge in [0.1, 0.15) is 18.2 Å². The van der Waals surface area contributed by atoms with Crippen LogP contribution in [0.5, 0.6) is 5.75 Å². The molecule has 0 saturated carbocycles. The smallest absolute Gasteiger partial charge is 0.224 e. The third-order valence-electron chi connectivity index (χ3n) is 2.55. The first-order chi connectivity index (χ1) is 9.28. The third-order valence-corrected chi connectivity index (χ3v) is 2.55. The molecule has 0 unspecified atom stereocenters. The van der Waals surface area contributed by atoms with Crippen LogP contribution in [0.15, 0.2) is 36.5 Å². The van der Waals surface area contributed by atoms with Crippen molar-refractivity contribution in [3.8, 4) is 5.75 Å². The Labute approximate surface area is 113 Å². The van der Waals surface area contributed by atoms with E-state index in [1.807, 2.05) is 37.3 Å². The topological polar surface area (TPSA) is 59.1 Å². The summed E-state index contributed by atoms with van der Waals surface area (Å²) in [6, 6.07) is 9.83. The quantitative estimate of drug-likeness (QED) is 0.779. The summed E-state index contributed by atoms with van der Waals surface area (Å²) in [4.78, 5) is 8.31. The molecule has 0 fully saturated rings. The van der Waals surface area contributed by atoms with E-state index in [-0.39, 0.29) is 0 Å². The maximum Gasteiger partial charge on any atom is 0.224 e. The highest BCUT2D eigenvalue weighted by atomic mass is 16.5. The van der Waals surface area contributed by atoms with Crippen LogP contribution in [0.2, 0.25) is 0 Å². The van der Waals surface area contributed by atoms with Crippen molar-refractivity contribution in [2.45, 2.75) is 6.92 Å². The first-order valence-electron chi connectivity index (χ1n) is 6.22. The highest BCUT2D eigenvalue weighted by Gasteiger charge is 1.97. The molecule has 0 saturated heterocycles. The lowest BCUT2D eigenvalue weighted by atomic mass is 10.2. The van der Waals surface area contributed by atoms with Crippen molar-refractivity contribution in [1.29, 1.82) is 0 Å². The second-order valence-electron chi connectivity index (χ2n) is 4.11. The SMILES string of the molecule is CNc1nccc(NCCOc2cccc(C)c2)n1. The van der Waals surface area contributed by atoms with Gasteiger partial charge in [-0.05, 0) is 30.7 Å². The van der Waals surface area contributed by atoms with E-state index >= 15 is 0 Å². The van der Waals surface area contributed by atoms with E-state index in [0.29, 0.717) is 19.1 Å². The minimum atomic E-state index is 0.586. The molecule has 0 aliphatic rings. The highest BCUT2D eigenvalue weighted by molar-refractivity contribution is 5.39. The summed E-state index contributed by atoms with van der Waals surface area (Å²) in [5.74, 6) is 2.28. The number of benzene rings is 1. The van der Waals surface area contributed by atoms with Gasteiger partial charge in [0.05, 0.1) is 6.54 Å². The zero-order valence-corrected chi connectivity index (χ0v) is 11.2. The third kappa shape index (κ3) is 4.13. The molecule has 5 nitrogen and oxygen atoms in total. The lowest BCUT2D eigenvalue weighted by Crippen LogP contribution is -2.13. The van der Waals surface area contributed by atoms with Crippen LogP contribution in [0.4, 0.5) is 11.8 Å². The lowest BCUT2D eigenvalue weighted by Gasteiger charge is -2.09. The number of aromatic nitrogens is 2. The van der Waals surface area contributed by atoms with Gasteiger partial charge < -0.3 is 15.4 Å². The largest absolute Gasteiger partial charge is 0.492 e. The van der Waals surface area contributed by atoms with Gasteiger partial charge in [-0.1, -0.05) is 12.1 Å². The first-order valence-corrected chi connectivity index (χ1v) is 6.22. The van der Waals surface area contributed by atoms with E-state index in [2.05, 4.69) is 20.6 Å². The molecule has 100 valence electrons. The molecule has 2 N–H and O–H groups in total. The van der Waals surface area contributed by atoms with Crippen molar-refractivity contribution in [3.63, 3.8) is 0 Å². The predicted molar refractivity (Wildman–Crippen MR) is 76.7 cm³/mol. The molecule has 1 aromatic heterocycles. The Hall–Kier alpha value is -2.30. The van der Waals surface area contributed by atoms with E-state index in [4.69, 9.17) is 4.74 Å². The molecule has 0 aliphatic heterocycles. The molecular formula is C14H18N4O. The van der Waals surface area contributed by atoms with Crippen LogP contribution in [0.1, 0.15) is 5.56 Å². The normalized spacial score (nSPS) is 10.0. The maximum atomic E-state index is 5.64. The Morgan fingerprint density at radius 3 is 2.95 bits per heavy atom. The van der Waals surface area contributed by atoms with Crippen molar-refractivity contribution >= 4 is 11.8 Å². The van der Waals surface area contributed by atoms with Crippen LogP contribution < -0.4 is 15.4 Å². The van der Waals surface area contributed by atoms with Gasteiger partial charge in [0, 0.05) is 13.2 Å². The molecule has 0 bridgehead atoms. The molecule has 19 heavy (non-hydrogen) atoms. The Morgan fingerprint density at radius 1 is 1.26 bits per heavy atom. The van der Waals surface area contributed by atoms with Crippen LogP contribution >= 0.6 is 0 Å². The van der Waals surface area contributed by atoms with E-state index in [0.717, 1.165) is 11.6 Å². The fourth-order valence-electron chi connectivity index (χ4n) is 1.63. The summed E-state index contributed by atoms with van der Waals surface area (Å²) in [5.41, 5.74) is 1.19. The van der Waals surface area contributed by atoms with Crippen LogP contribution in [0.25, 0.3) is 0 Å². The molecule has 2 rings (SSSR count). The van der Waals surface area contributed by atoms with Gasteiger partial charge in [-0.2, -0.15) is 4.98 Å². The number of aryl methyl sites for hydroxylation is 1. The Balaban J connectivity index is 1.77. The van der Waals surface area contributed by atoms with Gasteiger partial charge in [0.15, 0.2) is 0 Å². The van der Waals surface area contributed by atoms with Crippen molar-refractivity contribution in [1.82, 2.24) is 9.97 Å². The predicted octanol–water partition coefficient (Wildman–Crippen LogP) is 2.32. The fourth-order valence-corrected chi connectivity index (χ4v) is 1.63. The van der Waals surface area contributed by atoms with E-state index in [1.54, 1.807) is 13.2 Å². The van der Waals surface area contributed by atoms with E-state index in [9.17, 15) is 0 Å². The van der Waals surface area contributed by atoms with Gasteiger partial charge >= 0.3 is 0 Å². The second kappa shape index (κ2) is 6.58. The van der Waals surface area contributed by atoms with E-state index in [1.165, 1.54) is 5.56 Å². The number of anilines is 2. The zero-order chi connectivity index (χ0) is 13.5. The second-order valence-corrected chi connectivity index (χ2v) is 4.11. The van der Waals surface area contributed by atoms with Crippen molar-refractivity contribution in [2.24, 2.45) is 0 Å². The Bertz CT molecular complexity index is 530. The summed E-state index contributed by atoms with van der Waals surface area (Å²) in [5, 5.41) is 6.08. The van der Waals surface area contributed by atoms with Crippen LogP contribution in [0.3, 0.4) is 0 Å². The van der Waals surface area contributed by atoms with Crippen LogP contribution in [-0.4, -0.2) is 30.2 Å². The van der Waals surface area contributed by atoms with Crippen LogP contribution in [0, 0.1) is 6.92 Å². The van der Waals surface area contributed by atoms with Gasteiger partial charge in [-0.15, -0.1) is 0 Å². The zero-order valence-electron chi connectivity index (χ0n) is 11.2. The number of nitrogens with one attached hydrogen (secondary N) is 2. The van der Waals surface area contributed by atoms with Crippen molar-refractivity contribution in [3.05, 3.63) is 42.1 Å². The molecule has 1 heterocycles. The monoisotopic (exact) mass is 258 g/mol. The minimum absolute atomic E-state index is 0.586. The standard InChI is InChI=1S/C14H18N4O/c1-11-4-3-5-12(10-11)19-9-8-16-13-6-7-17-14(15-2)18-13/h3-7,10H,8-9H2,1-2H3,(H2,15,16,17,18). The maximum absolute atomic E-state index is 5.64. The number of hydrogen-bond donors (Lipinski definition) is 2. The average Bonchev–Trinajstić information content (AvgIpc) is 2.44. The fraction of sp³-hybridized carbons (Fsp3) is 0.286. The molecular weight excluding hydrogens is 240 g/mol. The van der Waals surface area contributed by atoms with Crippen LogP contribution in [-0.2, 0) is 0 Å². The number of nitrogens with zero attached hydrogens (tertiary/aromatic N) is 2. The lowest BCUT2D eigenvalue weighted by molar-refractivity contribution is 0.332. The van der Waals surface area contributed by atoms with Gasteiger partial charge in [-0.25, -0.2) is 4.98 Å². The van der Waals surface area contributed by atoms with E-state index < -0.39 is 0 Å². The molecule has 2 aromatic rings. The Kier molecular flexibility index (Phi) is 4.55. The molecule has 0 spiro atoms. The Morgan fingerprint density at radius 2 is 2.16 bits per heavy atom. The molecule has 1 aromatic carbocycles. The van der Waals surface area contributed by atoms with Crippen molar-refractivity contribution < 1.29 is 4.74 Å². The molecule has 0 amide bonds. The highest BCUT2D eigenvalue weighted by Crippen LogP contribution is 2.12. The summed E-state index contributed by atoms with van der Waals surface area (Å²) < 4.78 is 5.64. The van der Waals surface area contributed by atoms with Gasteiger partial charge in [0.2, 0.25) is 5.95 Å². The average molecular weight is 258 g/mol.